The largest absolute Gasteiger partial charge is 0.332 e. The molecule has 2 atom stereocenters. The molecule has 0 unspecified atom stereocenters. The Bertz CT molecular complexity index is 796. The van der Waals surface area contributed by atoms with Crippen LogP contribution in [0.2, 0.25) is 0 Å². The first-order chi connectivity index (χ1) is 12.6. The van der Waals surface area contributed by atoms with Gasteiger partial charge in [-0.05, 0) is 58.3 Å². The molecule has 0 spiro atoms. The first-order valence-electron chi connectivity index (χ1n) is 9.34. The van der Waals surface area contributed by atoms with Gasteiger partial charge in [-0.3, -0.25) is 9.69 Å². The van der Waals surface area contributed by atoms with Crippen molar-refractivity contribution in [3.05, 3.63) is 42.6 Å². The lowest BCUT2D eigenvalue weighted by molar-refractivity contribution is -0.0349. The number of carbonyl (C=O) groups is 1. The zero-order chi connectivity index (χ0) is 18.1. The zero-order valence-electron chi connectivity index (χ0n) is 15.4. The highest BCUT2D eigenvalue weighted by molar-refractivity contribution is 5.93. The summed E-state index contributed by atoms with van der Waals surface area (Å²) in [4.78, 5) is 30.5. The third-order valence-electron chi connectivity index (χ3n) is 6.10. The Morgan fingerprint density at radius 2 is 2.00 bits per heavy atom. The van der Waals surface area contributed by atoms with Crippen molar-refractivity contribution in [2.75, 3.05) is 20.1 Å². The molecule has 26 heavy (non-hydrogen) atoms. The van der Waals surface area contributed by atoms with E-state index in [2.05, 4.69) is 38.7 Å². The fourth-order valence-electron chi connectivity index (χ4n) is 4.49. The monoisotopic (exact) mass is 351 g/mol. The molecule has 2 aliphatic heterocycles. The van der Waals surface area contributed by atoms with Crippen LogP contribution in [0.4, 0.5) is 0 Å². The molecule has 0 N–H and O–H groups in total. The van der Waals surface area contributed by atoms with Gasteiger partial charge in [0.15, 0.2) is 0 Å². The topological polar surface area (TPSA) is 62.2 Å². The smallest absolute Gasteiger partial charge is 0.272 e. The Kier molecular flexibility index (Phi) is 4.44. The second kappa shape index (κ2) is 6.76. The number of amides is 1. The van der Waals surface area contributed by atoms with Crippen molar-refractivity contribution in [2.24, 2.45) is 0 Å². The van der Waals surface area contributed by atoms with Gasteiger partial charge in [0, 0.05) is 30.0 Å². The number of likely N-dealkylation sites (tertiary alicyclic amines) is 2. The van der Waals surface area contributed by atoms with E-state index in [1.807, 2.05) is 18.2 Å². The predicted molar refractivity (Wildman–Crippen MR) is 99.6 cm³/mol. The van der Waals surface area contributed by atoms with Crippen LogP contribution in [0.25, 0.3) is 11.3 Å². The van der Waals surface area contributed by atoms with Crippen molar-refractivity contribution in [1.29, 1.82) is 0 Å². The van der Waals surface area contributed by atoms with Crippen molar-refractivity contribution in [3.63, 3.8) is 0 Å². The summed E-state index contributed by atoms with van der Waals surface area (Å²) in [6.07, 6.45) is 9.32. The predicted octanol–water partition coefficient (Wildman–Crippen LogP) is 2.63. The van der Waals surface area contributed by atoms with Gasteiger partial charge in [0.2, 0.25) is 0 Å². The molecule has 2 aliphatic rings. The van der Waals surface area contributed by atoms with Gasteiger partial charge in [-0.2, -0.15) is 0 Å². The first-order valence-corrected chi connectivity index (χ1v) is 9.34. The van der Waals surface area contributed by atoms with Crippen molar-refractivity contribution in [1.82, 2.24) is 24.8 Å². The van der Waals surface area contributed by atoms with Gasteiger partial charge in [0.05, 0.1) is 11.7 Å². The quantitative estimate of drug-likeness (QED) is 0.832. The summed E-state index contributed by atoms with van der Waals surface area (Å²) in [6.45, 7) is 4.23. The van der Waals surface area contributed by atoms with Crippen molar-refractivity contribution < 1.29 is 4.79 Å². The van der Waals surface area contributed by atoms with Gasteiger partial charge in [-0.1, -0.05) is 6.07 Å². The van der Waals surface area contributed by atoms with Crippen LogP contribution in [0.1, 0.15) is 43.1 Å². The van der Waals surface area contributed by atoms with Gasteiger partial charge >= 0.3 is 0 Å². The van der Waals surface area contributed by atoms with Gasteiger partial charge < -0.3 is 4.90 Å². The van der Waals surface area contributed by atoms with Gasteiger partial charge in [-0.25, -0.2) is 15.0 Å². The number of carbonyl (C=O) groups excluding carboxylic acids is 1. The molecular formula is C20H25N5O. The fourth-order valence-corrected chi connectivity index (χ4v) is 4.49. The van der Waals surface area contributed by atoms with Gasteiger partial charge in [0.1, 0.15) is 12.0 Å². The standard InChI is InChI=1S/C20H25N5O/c1-20-9-5-11-25(18(20)8-4-10-24(20)2)19(26)17-7-3-6-16(23-17)15-12-21-14-22-13-15/h3,6-7,12-14,18H,4-5,8-11H2,1-2H3/t18-,20-/m0/s1. The van der Waals surface area contributed by atoms with Crippen molar-refractivity contribution in [2.45, 2.75) is 44.2 Å². The average Bonchev–Trinajstić information content (AvgIpc) is 2.69. The molecular weight excluding hydrogens is 326 g/mol. The Balaban J connectivity index is 1.63. The number of fused-ring (bicyclic) bond motifs is 1. The van der Waals surface area contributed by atoms with E-state index in [4.69, 9.17) is 0 Å². The summed E-state index contributed by atoms with van der Waals surface area (Å²) in [5.41, 5.74) is 2.13. The van der Waals surface area contributed by atoms with Crippen LogP contribution in [0, 0.1) is 0 Å². The summed E-state index contributed by atoms with van der Waals surface area (Å²) < 4.78 is 0. The number of hydrogen-bond acceptors (Lipinski definition) is 5. The summed E-state index contributed by atoms with van der Waals surface area (Å²) in [6, 6.07) is 5.85. The van der Waals surface area contributed by atoms with Crippen LogP contribution in [-0.4, -0.2) is 62.4 Å². The maximum atomic E-state index is 13.3. The number of pyridine rings is 1. The average molecular weight is 351 g/mol. The van der Waals surface area contributed by atoms with Crippen LogP contribution in [0.3, 0.4) is 0 Å². The molecule has 136 valence electrons. The van der Waals surface area contributed by atoms with E-state index in [0.717, 1.165) is 50.0 Å². The Hall–Kier alpha value is -2.34. The number of aromatic nitrogens is 3. The van der Waals surface area contributed by atoms with Crippen molar-refractivity contribution in [3.8, 4) is 11.3 Å². The first kappa shape index (κ1) is 17.1. The Morgan fingerprint density at radius 1 is 1.19 bits per heavy atom. The van der Waals surface area contributed by atoms with Crippen LogP contribution < -0.4 is 0 Å². The molecule has 0 aromatic carbocycles. The molecule has 4 rings (SSSR count). The van der Waals surface area contributed by atoms with E-state index in [1.54, 1.807) is 12.4 Å². The third-order valence-corrected chi connectivity index (χ3v) is 6.10. The Morgan fingerprint density at radius 3 is 2.81 bits per heavy atom. The number of piperidine rings is 2. The number of rotatable bonds is 2. The number of hydrogen-bond donors (Lipinski definition) is 0. The minimum Gasteiger partial charge on any atom is -0.332 e. The molecule has 0 bridgehead atoms. The van der Waals surface area contributed by atoms with E-state index >= 15 is 0 Å². The summed E-state index contributed by atoms with van der Waals surface area (Å²) in [7, 11) is 2.19. The molecule has 2 saturated heterocycles. The summed E-state index contributed by atoms with van der Waals surface area (Å²) in [5, 5.41) is 0. The molecule has 0 aliphatic carbocycles. The normalized spacial score (nSPS) is 26.4. The molecule has 0 saturated carbocycles. The van der Waals surface area contributed by atoms with Gasteiger partial charge in [0.25, 0.3) is 5.91 Å². The SMILES string of the molecule is CN1CCC[C@@H]2N(C(=O)c3cccc(-c4cncnc4)n3)CCC[C@@]21C. The van der Waals surface area contributed by atoms with Crippen LogP contribution in [0.15, 0.2) is 36.9 Å². The molecule has 2 aromatic rings. The molecule has 4 heterocycles. The fraction of sp³-hybridized carbons (Fsp3) is 0.500. The van der Waals surface area contributed by atoms with Crippen molar-refractivity contribution >= 4 is 5.91 Å². The van der Waals surface area contributed by atoms with E-state index in [9.17, 15) is 4.79 Å². The minimum absolute atomic E-state index is 0.0370. The van der Waals surface area contributed by atoms with E-state index < -0.39 is 0 Å². The maximum Gasteiger partial charge on any atom is 0.272 e. The van der Waals surface area contributed by atoms with E-state index in [1.165, 1.54) is 6.33 Å². The van der Waals surface area contributed by atoms with Crippen LogP contribution in [-0.2, 0) is 0 Å². The van der Waals surface area contributed by atoms with E-state index in [0.29, 0.717) is 5.69 Å². The van der Waals surface area contributed by atoms with Crippen LogP contribution in [0.5, 0.6) is 0 Å². The highest BCUT2D eigenvalue weighted by atomic mass is 16.2. The maximum absolute atomic E-state index is 13.3. The highest BCUT2D eigenvalue weighted by Crippen LogP contribution is 2.38. The molecule has 2 aromatic heterocycles. The molecule has 6 nitrogen and oxygen atoms in total. The summed E-state index contributed by atoms with van der Waals surface area (Å²) >= 11 is 0. The second-order valence-corrected chi connectivity index (χ2v) is 7.57. The van der Waals surface area contributed by atoms with E-state index in [-0.39, 0.29) is 17.5 Å². The molecule has 2 fully saturated rings. The van der Waals surface area contributed by atoms with Crippen LogP contribution >= 0.6 is 0 Å². The molecule has 6 heteroatoms. The van der Waals surface area contributed by atoms with Gasteiger partial charge in [-0.15, -0.1) is 0 Å². The second-order valence-electron chi connectivity index (χ2n) is 7.57. The highest BCUT2D eigenvalue weighted by Gasteiger charge is 2.47. The molecule has 0 radical (unpaired) electrons. The lowest BCUT2D eigenvalue weighted by atomic mass is 9.76. The number of likely N-dealkylation sites (N-methyl/N-ethyl adjacent to an activating group) is 1. The molecule has 1 amide bonds. The lowest BCUT2D eigenvalue weighted by Gasteiger charge is -2.55. The third kappa shape index (κ3) is 2.88. The summed E-state index contributed by atoms with van der Waals surface area (Å²) in [5.74, 6) is 0.0370. The zero-order valence-corrected chi connectivity index (χ0v) is 15.4. The lowest BCUT2D eigenvalue weighted by Crippen LogP contribution is -2.66. The minimum atomic E-state index is 0.0370. The number of nitrogens with zero attached hydrogens (tertiary/aromatic N) is 5. The Labute approximate surface area is 154 Å².